The van der Waals surface area contributed by atoms with Gasteiger partial charge in [-0.1, -0.05) is 29.8 Å². The first kappa shape index (κ1) is 19.5. The zero-order valence-corrected chi connectivity index (χ0v) is 17.1. The van der Waals surface area contributed by atoms with Crippen molar-refractivity contribution in [2.24, 2.45) is 0 Å². The number of hydrogen-bond donors (Lipinski definition) is 3. The maximum Gasteiger partial charge on any atom is 0.131 e. The molecule has 1 aromatic heterocycles. The van der Waals surface area contributed by atoms with E-state index in [2.05, 4.69) is 22.4 Å². The largest absolute Gasteiger partial charge is 0.383 e. The van der Waals surface area contributed by atoms with E-state index in [9.17, 15) is 9.11 Å². The fourth-order valence-electron chi connectivity index (χ4n) is 3.67. The van der Waals surface area contributed by atoms with Gasteiger partial charge in [-0.15, -0.1) is 0 Å². The van der Waals surface area contributed by atoms with Gasteiger partial charge in [0.05, 0.1) is 28.7 Å². The molecule has 0 saturated heterocycles. The second kappa shape index (κ2) is 7.91. The Balaban J connectivity index is 1.76. The standard InChI is InChI=1S/C22H24N4O2S/c1-16-7-8-19-18(13-16)20(24-10-4-9-23)14-22(25-19)26-11-12-29(27,28)21-6-3-2-5-17(21)15-26/h2-3,5-8,13-14,27-28H,4,10-12,15H2,1H3,(H,24,25). The molecule has 4 rings (SSSR count). The number of aromatic nitrogens is 1. The van der Waals surface area contributed by atoms with E-state index in [-0.39, 0.29) is 5.75 Å². The van der Waals surface area contributed by atoms with Crippen LogP contribution in [-0.2, 0) is 6.54 Å². The van der Waals surface area contributed by atoms with Crippen molar-refractivity contribution in [3.05, 3.63) is 59.7 Å². The van der Waals surface area contributed by atoms with E-state index in [0.29, 0.717) is 31.0 Å². The maximum absolute atomic E-state index is 10.6. The minimum Gasteiger partial charge on any atom is -0.383 e. The Labute approximate surface area is 172 Å². The lowest BCUT2D eigenvalue weighted by molar-refractivity contribution is 0.488. The molecule has 2 aromatic carbocycles. The van der Waals surface area contributed by atoms with Crippen LogP contribution >= 0.6 is 10.6 Å². The maximum atomic E-state index is 10.6. The van der Waals surface area contributed by atoms with Gasteiger partial charge in [-0.05, 0) is 30.7 Å². The van der Waals surface area contributed by atoms with Crippen molar-refractivity contribution in [2.45, 2.75) is 24.8 Å². The van der Waals surface area contributed by atoms with Crippen LogP contribution in [0.4, 0.5) is 11.5 Å². The summed E-state index contributed by atoms with van der Waals surface area (Å²) in [5, 5.41) is 13.3. The number of nitriles is 1. The summed E-state index contributed by atoms with van der Waals surface area (Å²) in [6.45, 7) is 3.67. The number of anilines is 2. The topological polar surface area (TPSA) is 92.4 Å². The Morgan fingerprint density at radius 1 is 1.21 bits per heavy atom. The van der Waals surface area contributed by atoms with Gasteiger partial charge in [-0.25, -0.2) is 4.98 Å². The van der Waals surface area contributed by atoms with Crippen LogP contribution < -0.4 is 10.2 Å². The van der Waals surface area contributed by atoms with Gasteiger partial charge in [0, 0.05) is 36.8 Å². The van der Waals surface area contributed by atoms with E-state index in [1.165, 1.54) is 0 Å². The van der Waals surface area contributed by atoms with Crippen LogP contribution in [0.5, 0.6) is 0 Å². The predicted molar refractivity (Wildman–Crippen MR) is 119 cm³/mol. The van der Waals surface area contributed by atoms with E-state index < -0.39 is 10.6 Å². The SMILES string of the molecule is Cc1ccc2nc(N3CCS(O)(O)c4ccccc4C3)cc(NCCC#N)c2c1. The number of hydrogen-bond acceptors (Lipinski definition) is 6. The molecule has 150 valence electrons. The van der Waals surface area contributed by atoms with Crippen molar-refractivity contribution in [2.75, 3.05) is 29.1 Å². The molecule has 7 heteroatoms. The number of benzene rings is 2. The second-order valence-corrected chi connectivity index (χ2v) is 9.47. The predicted octanol–water partition coefficient (Wildman–Crippen LogP) is 5.00. The van der Waals surface area contributed by atoms with Crippen molar-refractivity contribution in [1.82, 2.24) is 4.98 Å². The molecular formula is C22H24N4O2S. The van der Waals surface area contributed by atoms with E-state index >= 15 is 0 Å². The molecule has 0 spiro atoms. The normalized spacial score (nSPS) is 16.6. The lowest BCUT2D eigenvalue weighted by Gasteiger charge is -2.32. The van der Waals surface area contributed by atoms with E-state index in [4.69, 9.17) is 10.2 Å². The summed E-state index contributed by atoms with van der Waals surface area (Å²) in [7, 11) is -2.82. The summed E-state index contributed by atoms with van der Waals surface area (Å²) < 4.78 is 21.2. The van der Waals surface area contributed by atoms with Gasteiger partial charge < -0.3 is 10.2 Å². The van der Waals surface area contributed by atoms with Crippen LogP contribution in [0.3, 0.4) is 0 Å². The molecule has 1 aliphatic rings. The fourth-order valence-corrected chi connectivity index (χ4v) is 5.21. The summed E-state index contributed by atoms with van der Waals surface area (Å²) in [4.78, 5) is 7.58. The first-order valence-corrected chi connectivity index (χ1v) is 11.3. The molecule has 0 radical (unpaired) electrons. The molecule has 0 saturated carbocycles. The van der Waals surface area contributed by atoms with E-state index in [1.54, 1.807) is 6.07 Å². The molecule has 0 fully saturated rings. The van der Waals surface area contributed by atoms with Crippen molar-refractivity contribution in [3.63, 3.8) is 0 Å². The van der Waals surface area contributed by atoms with Gasteiger partial charge in [0.15, 0.2) is 0 Å². The van der Waals surface area contributed by atoms with E-state index in [1.807, 2.05) is 43.3 Å². The molecule has 0 bridgehead atoms. The van der Waals surface area contributed by atoms with Crippen LogP contribution in [0.25, 0.3) is 10.9 Å². The molecule has 0 atom stereocenters. The first-order chi connectivity index (χ1) is 14.0. The number of fused-ring (bicyclic) bond motifs is 2. The Morgan fingerprint density at radius 3 is 2.86 bits per heavy atom. The van der Waals surface area contributed by atoms with Gasteiger partial charge >= 0.3 is 0 Å². The van der Waals surface area contributed by atoms with Crippen LogP contribution in [0.1, 0.15) is 17.5 Å². The first-order valence-electron chi connectivity index (χ1n) is 9.59. The average molecular weight is 409 g/mol. The highest BCUT2D eigenvalue weighted by Crippen LogP contribution is 2.51. The fraction of sp³-hybridized carbons (Fsp3) is 0.273. The van der Waals surface area contributed by atoms with Gasteiger partial charge in [0.25, 0.3) is 0 Å². The second-order valence-electron chi connectivity index (χ2n) is 7.28. The number of rotatable bonds is 4. The molecule has 3 N–H and O–H groups in total. The van der Waals surface area contributed by atoms with Crippen molar-refractivity contribution >= 4 is 33.0 Å². The van der Waals surface area contributed by atoms with Crippen LogP contribution in [-0.4, -0.2) is 32.9 Å². The molecular weight excluding hydrogens is 384 g/mol. The van der Waals surface area contributed by atoms with Crippen molar-refractivity contribution in [3.8, 4) is 6.07 Å². The van der Waals surface area contributed by atoms with Crippen LogP contribution in [0.2, 0.25) is 0 Å². The molecule has 0 amide bonds. The molecule has 0 aliphatic carbocycles. The Morgan fingerprint density at radius 2 is 2.03 bits per heavy atom. The number of nitrogens with one attached hydrogen (secondary N) is 1. The molecule has 1 aliphatic heterocycles. The van der Waals surface area contributed by atoms with Crippen LogP contribution in [0, 0.1) is 18.3 Å². The molecule has 6 nitrogen and oxygen atoms in total. The van der Waals surface area contributed by atoms with Crippen molar-refractivity contribution < 1.29 is 9.11 Å². The minimum absolute atomic E-state index is 0.273. The minimum atomic E-state index is -2.82. The van der Waals surface area contributed by atoms with Gasteiger partial charge in [-0.3, -0.25) is 9.11 Å². The Hall–Kier alpha value is -2.79. The Kier molecular flexibility index (Phi) is 5.33. The summed E-state index contributed by atoms with van der Waals surface area (Å²) in [6, 6.07) is 17.8. The Bertz CT molecular complexity index is 1090. The zero-order valence-electron chi connectivity index (χ0n) is 16.3. The summed E-state index contributed by atoms with van der Waals surface area (Å²) >= 11 is 0. The summed E-state index contributed by atoms with van der Waals surface area (Å²) in [5.41, 5.74) is 3.87. The van der Waals surface area contributed by atoms with Gasteiger partial charge in [0.1, 0.15) is 5.82 Å². The average Bonchev–Trinajstić information content (AvgIpc) is 2.84. The third-order valence-electron chi connectivity index (χ3n) is 5.16. The molecule has 3 aromatic rings. The third-order valence-corrected chi connectivity index (χ3v) is 7.01. The van der Waals surface area contributed by atoms with Crippen molar-refractivity contribution in [1.29, 1.82) is 5.26 Å². The third kappa shape index (κ3) is 4.01. The van der Waals surface area contributed by atoms with Gasteiger partial charge in [-0.2, -0.15) is 15.9 Å². The number of aryl methyl sites for hydroxylation is 1. The monoisotopic (exact) mass is 408 g/mol. The molecule has 29 heavy (non-hydrogen) atoms. The smallest absolute Gasteiger partial charge is 0.131 e. The van der Waals surface area contributed by atoms with Crippen LogP contribution in [0.15, 0.2) is 53.4 Å². The lowest BCUT2D eigenvalue weighted by atomic mass is 10.1. The highest BCUT2D eigenvalue weighted by Gasteiger charge is 2.26. The number of nitrogens with zero attached hydrogens (tertiary/aromatic N) is 3. The summed E-state index contributed by atoms with van der Waals surface area (Å²) in [5.74, 6) is 1.06. The summed E-state index contributed by atoms with van der Waals surface area (Å²) in [6.07, 6.45) is 0.420. The lowest BCUT2D eigenvalue weighted by Crippen LogP contribution is -2.26. The molecule has 2 heterocycles. The quantitative estimate of drug-likeness (QED) is 0.526. The highest BCUT2D eigenvalue weighted by atomic mass is 32.3. The highest BCUT2D eigenvalue weighted by molar-refractivity contribution is 8.24. The number of pyridine rings is 1. The van der Waals surface area contributed by atoms with Gasteiger partial charge in [0.2, 0.25) is 0 Å². The van der Waals surface area contributed by atoms with E-state index in [0.717, 1.165) is 33.5 Å². The zero-order chi connectivity index (χ0) is 20.4. The molecule has 0 unspecified atom stereocenters.